The van der Waals surface area contributed by atoms with Crippen LogP contribution < -0.4 is 11.1 Å². The molecular weight excluding hydrogens is 268 g/mol. The predicted molar refractivity (Wildman–Crippen MR) is 72.6 cm³/mol. The van der Waals surface area contributed by atoms with Gasteiger partial charge in [-0.15, -0.1) is 0 Å². The van der Waals surface area contributed by atoms with Crippen molar-refractivity contribution < 1.29 is 18.3 Å². The SMILES string of the molecule is COC(=O)CCC1CC(NCC(F)F)CN(CCN)C1. The standard InChI is InChI=1S/C13H25F2N3O2/c1-20-13(19)3-2-10-6-11(17-7-12(14)15)9-18(8-10)5-4-16/h10-12,17H,2-9,16H2,1H3. The number of alkyl halides is 2. The summed E-state index contributed by atoms with van der Waals surface area (Å²) in [5.41, 5.74) is 5.56. The van der Waals surface area contributed by atoms with Gasteiger partial charge in [0.2, 0.25) is 0 Å². The lowest BCUT2D eigenvalue weighted by Crippen LogP contribution is -2.51. The van der Waals surface area contributed by atoms with Crippen molar-refractivity contribution in [2.75, 3.05) is 39.8 Å². The lowest BCUT2D eigenvalue weighted by molar-refractivity contribution is -0.141. The molecule has 0 aliphatic carbocycles. The lowest BCUT2D eigenvalue weighted by Gasteiger charge is -2.38. The van der Waals surface area contributed by atoms with Crippen LogP contribution in [-0.4, -0.2) is 63.2 Å². The molecule has 0 saturated carbocycles. The van der Waals surface area contributed by atoms with E-state index >= 15 is 0 Å². The quantitative estimate of drug-likeness (QED) is 0.636. The van der Waals surface area contributed by atoms with Crippen molar-refractivity contribution in [3.8, 4) is 0 Å². The normalized spacial score (nSPS) is 24.1. The van der Waals surface area contributed by atoms with Crippen LogP contribution in [0.25, 0.3) is 0 Å². The number of nitrogens with two attached hydrogens (primary N) is 1. The van der Waals surface area contributed by atoms with Crippen LogP contribution in [0.5, 0.6) is 0 Å². The zero-order valence-corrected chi connectivity index (χ0v) is 12.0. The van der Waals surface area contributed by atoms with E-state index in [9.17, 15) is 13.6 Å². The molecule has 1 saturated heterocycles. The molecule has 0 aromatic heterocycles. The fourth-order valence-corrected chi connectivity index (χ4v) is 2.70. The first-order valence-electron chi connectivity index (χ1n) is 7.06. The number of nitrogens with zero attached hydrogens (tertiary/aromatic N) is 1. The zero-order valence-electron chi connectivity index (χ0n) is 12.0. The molecule has 0 amide bonds. The predicted octanol–water partition coefficient (Wildman–Crippen LogP) is 0.444. The minimum Gasteiger partial charge on any atom is -0.469 e. The average Bonchev–Trinajstić information content (AvgIpc) is 2.42. The molecule has 1 aliphatic heterocycles. The third-order valence-corrected chi connectivity index (χ3v) is 3.60. The molecule has 2 unspecified atom stereocenters. The summed E-state index contributed by atoms with van der Waals surface area (Å²) in [5, 5.41) is 2.89. The maximum Gasteiger partial charge on any atom is 0.305 e. The number of nitrogens with one attached hydrogen (secondary N) is 1. The molecule has 0 spiro atoms. The van der Waals surface area contributed by atoms with Crippen molar-refractivity contribution in [2.45, 2.75) is 31.7 Å². The van der Waals surface area contributed by atoms with Crippen LogP contribution in [0, 0.1) is 5.92 Å². The van der Waals surface area contributed by atoms with E-state index in [4.69, 9.17) is 5.73 Å². The molecule has 7 heteroatoms. The fraction of sp³-hybridized carbons (Fsp3) is 0.923. The summed E-state index contributed by atoms with van der Waals surface area (Å²) >= 11 is 0. The number of carbonyl (C=O) groups excluding carboxylic acids is 1. The van der Waals surface area contributed by atoms with Gasteiger partial charge in [0.25, 0.3) is 6.43 Å². The molecule has 118 valence electrons. The molecule has 1 aliphatic rings. The summed E-state index contributed by atoms with van der Waals surface area (Å²) in [5.74, 6) is 0.0858. The molecule has 0 bridgehead atoms. The Balaban J connectivity index is 2.44. The maximum atomic E-state index is 12.3. The van der Waals surface area contributed by atoms with Gasteiger partial charge in [-0.2, -0.15) is 0 Å². The van der Waals surface area contributed by atoms with Gasteiger partial charge in [0, 0.05) is 38.6 Å². The molecule has 1 rings (SSSR count). The molecule has 5 nitrogen and oxygen atoms in total. The summed E-state index contributed by atoms with van der Waals surface area (Å²) in [7, 11) is 1.37. The van der Waals surface area contributed by atoms with Crippen molar-refractivity contribution in [3.63, 3.8) is 0 Å². The van der Waals surface area contributed by atoms with Gasteiger partial charge in [0.1, 0.15) is 0 Å². The number of rotatable bonds is 8. The van der Waals surface area contributed by atoms with Gasteiger partial charge in [-0.05, 0) is 18.8 Å². The first-order valence-corrected chi connectivity index (χ1v) is 7.06. The van der Waals surface area contributed by atoms with Crippen LogP contribution in [0.1, 0.15) is 19.3 Å². The van der Waals surface area contributed by atoms with E-state index in [0.717, 1.165) is 32.5 Å². The minimum atomic E-state index is -2.34. The second-order valence-corrected chi connectivity index (χ2v) is 5.26. The Morgan fingerprint density at radius 1 is 1.50 bits per heavy atom. The molecule has 0 aromatic carbocycles. The summed E-state index contributed by atoms with van der Waals surface area (Å²) in [4.78, 5) is 13.4. The van der Waals surface area contributed by atoms with Crippen LogP contribution >= 0.6 is 0 Å². The van der Waals surface area contributed by atoms with E-state index in [1.165, 1.54) is 7.11 Å². The van der Waals surface area contributed by atoms with Gasteiger partial charge in [-0.25, -0.2) is 8.78 Å². The number of hydrogen-bond acceptors (Lipinski definition) is 5. The van der Waals surface area contributed by atoms with E-state index < -0.39 is 6.43 Å². The topological polar surface area (TPSA) is 67.6 Å². The molecule has 0 aromatic rings. The van der Waals surface area contributed by atoms with Crippen LogP contribution in [0.4, 0.5) is 8.78 Å². The highest BCUT2D eigenvalue weighted by molar-refractivity contribution is 5.69. The number of methoxy groups -OCH3 is 1. The second-order valence-electron chi connectivity index (χ2n) is 5.26. The number of carbonyl (C=O) groups is 1. The third-order valence-electron chi connectivity index (χ3n) is 3.60. The maximum absolute atomic E-state index is 12.3. The minimum absolute atomic E-state index is 0.0342. The fourth-order valence-electron chi connectivity index (χ4n) is 2.70. The molecule has 1 heterocycles. The smallest absolute Gasteiger partial charge is 0.305 e. The van der Waals surface area contributed by atoms with Gasteiger partial charge in [-0.1, -0.05) is 0 Å². The molecule has 3 N–H and O–H groups in total. The molecule has 1 fully saturated rings. The van der Waals surface area contributed by atoms with Gasteiger partial charge in [0.05, 0.1) is 13.7 Å². The first kappa shape index (κ1) is 17.3. The number of hydrogen-bond donors (Lipinski definition) is 2. The Morgan fingerprint density at radius 3 is 2.85 bits per heavy atom. The summed E-state index contributed by atoms with van der Waals surface area (Å²) < 4.78 is 29.2. The largest absolute Gasteiger partial charge is 0.469 e. The van der Waals surface area contributed by atoms with E-state index in [1.54, 1.807) is 0 Å². The molecule has 20 heavy (non-hydrogen) atoms. The zero-order chi connectivity index (χ0) is 15.0. The Labute approximate surface area is 118 Å². The van der Waals surface area contributed by atoms with E-state index in [1.807, 2.05) is 0 Å². The van der Waals surface area contributed by atoms with Crippen LogP contribution in [0.2, 0.25) is 0 Å². The third kappa shape index (κ3) is 6.58. The summed E-state index contributed by atoms with van der Waals surface area (Å²) in [6.07, 6.45) is -0.432. The van der Waals surface area contributed by atoms with E-state index in [0.29, 0.717) is 18.9 Å². The highest BCUT2D eigenvalue weighted by Crippen LogP contribution is 2.21. The van der Waals surface area contributed by atoms with Gasteiger partial charge >= 0.3 is 5.97 Å². The Bertz CT molecular complexity index is 293. The van der Waals surface area contributed by atoms with E-state index in [-0.39, 0.29) is 18.6 Å². The molecule has 2 atom stereocenters. The van der Waals surface area contributed by atoms with Crippen LogP contribution in [0.15, 0.2) is 0 Å². The number of halogens is 2. The van der Waals surface area contributed by atoms with Crippen molar-refractivity contribution >= 4 is 5.97 Å². The Morgan fingerprint density at radius 2 is 2.25 bits per heavy atom. The van der Waals surface area contributed by atoms with Crippen molar-refractivity contribution in [3.05, 3.63) is 0 Å². The summed E-state index contributed by atoms with van der Waals surface area (Å²) in [6.45, 7) is 2.61. The Hall–Kier alpha value is -0.790. The second kappa shape index (κ2) is 9.20. The number of likely N-dealkylation sites (tertiary alicyclic amines) is 1. The lowest BCUT2D eigenvalue weighted by atomic mass is 9.90. The number of esters is 1. The van der Waals surface area contributed by atoms with Gasteiger partial charge in [0.15, 0.2) is 0 Å². The molecular formula is C13H25F2N3O2. The van der Waals surface area contributed by atoms with Gasteiger partial charge < -0.3 is 20.7 Å². The van der Waals surface area contributed by atoms with Gasteiger partial charge in [-0.3, -0.25) is 4.79 Å². The summed E-state index contributed by atoms with van der Waals surface area (Å²) in [6, 6.07) is 0.0342. The van der Waals surface area contributed by atoms with Crippen molar-refractivity contribution in [1.29, 1.82) is 0 Å². The van der Waals surface area contributed by atoms with Crippen molar-refractivity contribution in [1.82, 2.24) is 10.2 Å². The van der Waals surface area contributed by atoms with Crippen LogP contribution in [-0.2, 0) is 9.53 Å². The average molecular weight is 293 g/mol. The number of ether oxygens (including phenoxy) is 1. The molecule has 0 radical (unpaired) electrons. The monoisotopic (exact) mass is 293 g/mol. The highest BCUT2D eigenvalue weighted by atomic mass is 19.3. The Kier molecular flexibility index (Phi) is 7.94. The first-order chi connectivity index (χ1) is 9.55. The van der Waals surface area contributed by atoms with E-state index in [2.05, 4.69) is 15.0 Å². The van der Waals surface area contributed by atoms with Crippen molar-refractivity contribution in [2.24, 2.45) is 11.7 Å². The van der Waals surface area contributed by atoms with Crippen LogP contribution in [0.3, 0.4) is 0 Å². The number of piperidine rings is 1. The highest BCUT2D eigenvalue weighted by Gasteiger charge is 2.27.